The van der Waals surface area contributed by atoms with Crippen molar-refractivity contribution in [1.82, 2.24) is 0 Å². The summed E-state index contributed by atoms with van der Waals surface area (Å²) in [6.45, 7) is 2.28. The maximum atomic E-state index is 12.1. The molecule has 0 heterocycles. The molecular weight excluding hydrogens is 390 g/mol. The fourth-order valence-corrected chi connectivity index (χ4v) is 2.66. The van der Waals surface area contributed by atoms with E-state index in [1.54, 1.807) is 30.3 Å². The van der Waals surface area contributed by atoms with Crippen LogP contribution >= 0.6 is 15.9 Å². The molecule has 0 fully saturated rings. The van der Waals surface area contributed by atoms with Crippen molar-refractivity contribution in [2.45, 2.75) is 6.92 Å². The van der Waals surface area contributed by atoms with Gasteiger partial charge < -0.3 is 19.5 Å². The Morgan fingerprint density at radius 3 is 2.52 bits per heavy atom. The number of ether oxygens (including phenoxy) is 3. The van der Waals surface area contributed by atoms with Gasteiger partial charge in [0, 0.05) is 11.3 Å². The molecule has 2 rings (SSSR count). The van der Waals surface area contributed by atoms with E-state index < -0.39 is 0 Å². The lowest BCUT2D eigenvalue weighted by molar-refractivity contribution is -0.118. The summed E-state index contributed by atoms with van der Waals surface area (Å²) in [4.78, 5) is 22.9. The number of halogens is 1. The van der Waals surface area contributed by atoms with Crippen molar-refractivity contribution in [3.8, 4) is 17.2 Å². The number of amides is 1. The van der Waals surface area contributed by atoms with Crippen LogP contribution in [0.3, 0.4) is 0 Å². The highest BCUT2D eigenvalue weighted by atomic mass is 79.9. The molecule has 0 saturated heterocycles. The molecule has 25 heavy (non-hydrogen) atoms. The molecule has 0 aliphatic carbocycles. The quantitative estimate of drug-likeness (QED) is 0.675. The molecule has 6 nitrogen and oxygen atoms in total. The lowest BCUT2D eigenvalue weighted by Crippen LogP contribution is -2.20. The largest absolute Gasteiger partial charge is 0.494 e. The molecule has 0 aromatic heterocycles. The Hall–Kier alpha value is -2.54. The van der Waals surface area contributed by atoms with Crippen LogP contribution in [0.2, 0.25) is 0 Å². The van der Waals surface area contributed by atoms with E-state index in [2.05, 4.69) is 21.2 Å². The van der Waals surface area contributed by atoms with Gasteiger partial charge in [-0.25, -0.2) is 0 Å². The van der Waals surface area contributed by atoms with Crippen LogP contribution in [0, 0.1) is 0 Å². The van der Waals surface area contributed by atoms with Crippen LogP contribution < -0.4 is 19.5 Å². The first-order chi connectivity index (χ1) is 12.1. The van der Waals surface area contributed by atoms with Crippen molar-refractivity contribution in [2.24, 2.45) is 0 Å². The van der Waals surface area contributed by atoms with Crippen molar-refractivity contribution < 1.29 is 23.8 Å². The molecule has 132 valence electrons. The van der Waals surface area contributed by atoms with Gasteiger partial charge in [-0.15, -0.1) is 0 Å². The van der Waals surface area contributed by atoms with Crippen LogP contribution in [0.1, 0.15) is 17.3 Å². The molecule has 0 spiro atoms. The maximum absolute atomic E-state index is 12.1. The molecule has 0 radical (unpaired) electrons. The standard InChI is InChI=1S/C18H18BrNO5/c1-3-24-14-6-4-13(5-7-14)20-17(22)11-25-18-15(19)8-12(10-21)9-16(18)23-2/h4-10H,3,11H2,1-2H3,(H,20,22). The van der Waals surface area contributed by atoms with Gasteiger partial charge in [-0.2, -0.15) is 0 Å². The minimum Gasteiger partial charge on any atom is -0.494 e. The lowest BCUT2D eigenvalue weighted by Gasteiger charge is -2.13. The van der Waals surface area contributed by atoms with E-state index in [1.165, 1.54) is 13.2 Å². The Morgan fingerprint density at radius 2 is 1.92 bits per heavy atom. The molecule has 7 heteroatoms. The van der Waals surface area contributed by atoms with Crippen molar-refractivity contribution in [1.29, 1.82) is 0 Å². The summed E-state index contributed by atoms with van der Waals surface area (Å²) in [7, 11) is 1.46. The summed E-state index contributed by atoms with van der Waals surface area (Å²) in [6.07, 6.45) is 0.704. The van der Waals surface area contributed by atoms with Crippen LogP contribution in [0.15, 0.2) is 40.9 Å². The lowest BCUT2D eigenvalue weighted by atomic mass is 10.2. The van der Waals surface area contributed by atoms with E-state index in [9.17, 15) is 9.59 Å². The molecular formula is C18H18BrNO5. The number of hydrogen-bond donors (Lipinski definition) is 1. The zero-order valence-electron chi connectivity index (χ0n) is 13.9. The molecule has 1 amide bonds. The Kier molecular flexibility index (Phi) is 6.82. The minimum absolute atomic E-state index is 0.206. The van der Waals surface area contributed by atoms with Gasteiger partial charge in [-0.05, 0) is 59.3 Å². The highest BCUT2D eigenvalue weighted by Gasteiger charge is 2.13. The van der Waals surface area contributed by atoms with Crippen LogP contribution in [0.4, 0.5) is 5.69 Å². The van der Waals surface area contributed by atoms with Crippen molar-refractivity contribution in [2.75, 3.05) is 25.6 Å². The maximum Gasteiger partial charge on any atom is 0.262 e. The summed E-state index contributed by atoms with van der Waals surface area (Å²) in [5, 5.41) is 2.73. The van der Waals surface area contributed by atoms with E-state index in [0.29, 0.717) is 40.1 Å². The summed E-state index contributed by atoms with van der Waals surface area (Å²) in [5.74, 6) is 1.14. The topological polar surface area (TPSA) is 73.9 Å². The van der Waals surface area contributed by atoms with Crippen molar-refractivity contribution in [3.63, 3.8) is 0 Å². The van der Waals surface area contributed by atoms with Gasteiger partial charge in [0.25, 0.3) is 5.91 Å². The van der Waals surface area contributed by atoms with Gasteiger partial charge in [0.05, 0.1) is 18.2 Å². The molecule has 0 atom stereocenters. The smallest absolute Gasteiger partial charge is 0.262 e. The predicted octanol–water partition coefficient (Wildman–Crippen LogP) is 3.69. The number of nitrogens with one attached hydrogen (secondary N) is 1. The zero-order valence-corrected chi connectivity index (χ0v) is 15.5. The molecule has 1 N–H and O–H groups in total. The Labute approximate surface area is 154 Å². The summed E-state index contributed by atoms with van der Waals surface area (Å²) < 4.78 is 16.6. The third-order valence-electron chi connectivity index (χ3n) is 3.18. The third kappa shape index (κ3) is 5.22. The van der Waals surface area contributed by atoms with E-state index in [0.717, 1.165) is 5.75 Å². The first kappa shape index (κ1) is 18.8. The molecule has 0 bridgehead atoms. The molecule has 2 aromatic rings. The van der Waals surface area contributed by atoms with Crippen molar-refractivity contribution in [3.05, 3.63) is 46.4 Å². The second-order valence-electron chi connectivity index (χ2n) is 4.95. The number of carbonyl (C=O) groups excluding carboxylic acids is 2. The van der Waals surface area contributed by atoms with Gasteiger partial charge >= 0.3 is 0 Å². The number of anilines is 1. The monoisotopic (exact) mass is 407 g/mol. The summed E-state index contributed by atoms with van der Waals surface area (Å²) in [5.41, 5.74) is 1.08. The number of hydrogen-bond acceptors (Lipinski definition) is 5. The highest BCUT2D eigenvalue weighted by molar-refractivity contribution is 9.10. The fourth-order valence-electron chi connectivity index (χ4n) is 2.08. The molecule has 2 aromatic carbocycles. The SMILES string of the molecule is CCOc1ccc(NC(=O)COc2c(Br)cc(C=O)cc2OC)cc1. The Bertz CT molecular complexity index is 746. The van der Waals surface area contributed by atoms with E-state index in [1.807, 2.05) is 6.92 Å². The number of rotatable bonds is 8. The molecule has 0 aliphatic rings. The first-order valence-corrected chi connectivity index (χ1v) is 8.35. The Morgan fingerprint density at radius 1 is 1.20 bits per heavy atom. The normalized spacial score (nSPS) is 10.0. The fraction of sp³-hybridized carbons (Fsp3) is 0.222. The highest BCUT2D eigenvalue weighted by Crippen LogP contribution is 2.36. The third-order valence-corrected chi connectivity index (χ3v) is 3.77. The number of carbonyl (C=O) groups is 2. The molecule has 0 aliphatic heterocycles. The van der Waals surface area contributed by atoms with Gasteiger partial charge in [-0.3, -0.25) is 9.59 Å². The number of methoxy groups -OCH3 is 1. The number of benzene rings is 2. The zero-order chi connectivity index (χ0) is 18.2. The van der Waals surface area contributed by atoms with E-state index >= 15 is 0 Å². The van der Waals surface area contributed by atoms with Gasteiger partial charge in [0.2, 0.25) is 0 Å². The van der Waals surface area contributed by atoms with Crippen LogP contribution in [0.25, 0.3) is 0 Å². The van der Waals surface area contributed by atoms with Crippen LogP contribution in [-0.4, -0.2) is 32.5 Å². The Balaban J connectivity index is 1.99. The summed E-state index contributed by atoms with van der Waals surface area (Å²) in [6, 6.07) is 10.2. The minimum atomic E-state index is -0.322. The van der Waals surface area contributed by atoms with Crippen LogP contribution in [0.5, 0.6) is 17.2 Å². The average molecular weight is 408 g/mol. The number of aldehydes is 1. The van der Waals surface area contributed by atoms with Gasteiger partial charge in [0.15, 0.2) is 18.1 Å². The van der Waals surface area contributed by atoms with Gasteiger partial charge in [0.1, 0.15) is 12.0 Å². The van der Waals surface area contributed by atoms with Crippen molar-refractivity contribution >= 4 is 33.8 Å². The molecule has 0 saturated carbocycles. The summed E-state index contributed by atoms with van der Waals surface area (Å²) >= 11 is 3.31. The van der Waals surface area contributed by atoms with E-state index in [-0.39, 0.29) is 12.5 Å². The second kappa shape index (κ2) is 9.08. The first-order valence-electron chi connectivity index (χ1n) is 7.55. The second-order valence-corrected chi connectivity index (χ2v) is 5.80. The average Bonchev–Trinajstić information content (AvgIpc) is 2.61. The van der Waals surface area contributed by atoms with Gasteiger partial charge in [-0.1, -0.05) is 0 Å². The predicted molar refractivity (Wildman–Crippen MR) is 97.8 cm³/mol. The van der Waals surface area contributed by atoms with E-state index in [4.69, 9.17) is 14.2 Å². The molecule has 0 unspecified atom stereocenters. The van der Waals surface area contributed by atoms with Crippen LogP contribution in [-0.2, 0) is 4.79 Å².